The number of nitrogens with zero attached hydrogens (tertiary/aromatic N) is 2. The van der Waals surface area contributed by atoms with Crippen LogP contribution in [0.15, 0.2) is 18.3 Å². The number of aliphatic hydroxyl groups is 1. The summed E-state index contributed by atoms with van der Waals surface area (Å²) in [5, 5.41) is 9.27. The van der Waals surface area contributed by atoms with Gasteiger partial charge >= 0.3 is 6.18 Å². The molecule has 1 N–H and O–H groups in total. The summed E-state index contributed by atoms with van der Waals surface area (Å²) in [5.74, 6) is -0.218. The van der Waals surface area contributed by atoms with E-state index in [0.717, 1.165) is 12.3 Å². The van der Waals surface area contributed by atoms with E-state index in [4.69, 9.17) is 0 Å². The van der Waals surface area contributed by atoms with Crippen LogP contribution in [0.4, 0.5) is 13.2 Å². The van der Waals surface area contributed by atoms with Crippen LogP contribution in [0.5, 0.6) is 0 Å². The second-order valence-electron chi connectivity index (χ2n) is 4.17. The highest BCUT2D eigenvalue weighted by atomic mass is 19.4. The largest absolute Gasteiger partial charge is 0.417 e. The van der Waals surface area contributed by atoms with Crippen molar-refractivity contribution in [3.8, 4) is 0 Å². The number of alkyl halides is 3. The van der Waals surface area contributed by atoms with Gasteiger partial charge in [-0.05, 0) is 12.1 Å². The van der Waals surface area contributed by atoms with Gasteiger partial charge in [0, 0.05) is 12.7 Å². The zero-order chi connectivity index (χ0) is 13.3. The molecule has 2 heterocycles. The second kappa shape index (κ2) is 4.56. The Kier molecular flexibility index (Phi) is 3.25. The fraction of sp³-hybridized carbons (Fsp3) is 0.455. The molecule has 18 heavy (non-hydrogen) atoms. The van der Waals surface area contributed by atoms with Crippen molar-refractivity contribution < 1.29 is 23.1 Å². The number of hydrogen-bond acceptors (Lipinski definition) is 3. The van der Waals surface area contributed by atoms with Gasteiger partial charge in [-0.3, -0.25) is 9.78 Å². The lowest BCUT2D eigenvalue weighted by atomic mass is 10.2. The Morgan fingerprint density at radius 2 is 2.17 bits per heavy atom. The number of amides is 1. The third kappa shape index (κ3) is 2.79. The maximum atomic E-state index is 12.3. The summed E-state index contributed by atoms with van der Waals surface area (Å²) in [6, 6.07) is 2.17. The molecule has 2 rings (SSSR count). The Labute approximate surface area is 101 Å². The third-order valence-corrected chi connectivity index (χ3v) is 2.70. The minimum atomic E-state index is -4.41. The summed E-state index contributed by atoms with van der Waals surface area (Å²) < 4.78 is 36.9. The van der Waals surface area contributed by atoms with Crippen molar-refractivity contribution in [3.63, 3.8) is 0 Å². The molecule has 1 aliphatic rings. The number of likely N-dealkylation sites (tertiary alicyclic amines) is 1. The first-order valence-electron chi connectivity index (χ1n) is 5.34. The highest BCUT2D eigenvalue weighted by Gasteiger charge is 2.31. The van der Waals surface area contributed by atoms with E-state index in [0.29, 0.717) is 5.69 Å². The van der Waals surface area contributed by atoms with Gasteiger partial charge in [-0.25, -0.2) is 0 Å². The minimum absolute atomic E-state index is 0.0562. The molecule has 0 spiro atoms. The minimum Gasteiger partial charge on any atom is -0.391 e. The fourth-order valence-corrected chi connectivity index (χ4v) is 1.79. The number of aliphatic hydroxyl groups excluding tert-OH is 1. The molecule has 0 bridgehead atoms. The van der Waals surface area contributed by atoms with Gasteiger partial charge in [-0.15, -0.1) is 0 Å². The molecule has 4 nitrogen and oxygen atoms in total. The predicted octanol–water partition coefficient (Wildman–Crippen LogP) is 1.19. The van der Waals surface area contributed by atoms with E-state index in [9.17, 15) is 23.1 Å². The molecule has 1 aromatic rings. The Morgan fingerprint density at radius 1 is 1.44 bits per heavy atom. The lowest BCUT2D eigenvalue weighted by Gasteiger charge is -2.15. The first-order valence-corrected chi connectivity index (χ1v) is 5.34. The zero-order valence-electron chi connectivity index (χ0n) is 9.31. The van der Waals surface area contributed by atoms with Crippen molar-refractivity contribution in [2.24, 2.45) is 0 Å². The van der Waals surface area contributed by atoms with Gasteiger partial charge in [0.2, 0.25) is 5.91 Å². The van der Waals surface area contributed by atoms with E-state index in [1.165, 1.54) is 11.0 Å². The van der Waals surface area contributed by atoms with Crippen LogP contribution in [0.3, 0.4) is 0 Å². The molecule has 0 aliphatic carbocycles. The van der Waals surface area contributed by atoms with E-state index in [1.807, 2.05) is 0 Å². The molecule has 0 aromatic carbocycles. The van der Waals surface area contributed by atoms with Crippen LogP contribution in [0.2, 0.25) is 0 Å². The summed E-state index contributed by atoms with van der Waals surface area (Å²) >= 11 is 0. The maximum absolute atomic E-state index is 12.3. The number of carbonyl (C=O) groups is 1. The molecule has 1 fully saturated rings. The topological polar surface area (TPSA) is 53.4 Å². The van der Waals surface area contributed by atoms with Gasteiger partial charge in [0.05, 0.1) is 30.3 Å². The molecular formula is C11H11F3N2O2. The number of hydrogen-bond donors (Lipinski definition) is 1. The lowest BCUT2D eigenvalue weighted by Crippen LogP contribution is -2.25. The van der Waals surface area contributed by atoms with Crippen molar-refractivity contribution in [2.45, 2.75) is 25.2 Å². The van der Waals surface area contributed by atoms with Crippen LogP contribution >= 0.6 is 0 Å². The first kappa shape index (κ1) is 12.8. The summed E-state index contributed by atoms with van der Waals surface area (Å²) in [7, 11) is 0. The third-order valence-electron chi connectivity index (χ3n) is 2.70. The van der Waals surface area contributed by atoms with E-state index < -0.39 is 17.8 Å². The van der Waals surface area contributed by atoms with Crippen molar-refractivity contribution in [1.29, 1.82) is 0 Å². The molecule has 1 atom stereocenters. The highest BCUT2D eigenvalue weighted by Crippen LogP contribution is 2.28. The molecule has 98 valence electrons. The van der Waals surface area contributed by atoms with E-state index in [-0.39, 0.29) is 25.4 Å². The smallest absolute Gasteiger partial charge is 0.391 e. The number of pyridine rings is 1. The molecule has 1 aromatic heterocycles. The van der Waals surface area contributed by atoms with Gasteiger partial charge in [0.25, 0.3) is 0 Å². The molecule has 7 heteroatoms. The van der Waals surface area contributed by atoms with Gasteiger partial charge < -0.3 is 10.0 Å². The standard InChI is InChI=1S/C11H11F3N2O2/c12-11(13,14)7-1-2-8(15-4-7)5-16-6-9(17)3-10(16)18/h1-2,4,9,17H,3,5-6H2. The number of β-amino-alcohol motifs (C(OH)–C–C–N with tert-alkyl or cyclic N) is 1. The highest BCUT2D eigenvalue weighted by molar-refractivity contribution is 5.78. The quantitative estimate of drug-likeness (QED) is 0.869. The van der Waals surface area contributed by atoms with Crippen molar-refractivity contribution >= 4 is 5.91 Å². The van der Waals surface area contributed by atoms with Crippen LogP contribution in [0.1, 0.15) is 17.7 Å². The molecule has 1 aliphatic heterocycles. The van der Waals surface area contributed by atoms with Gasteiger partial charge in [-0.2, -0.15) is 13.2 Å². The molecule has 1 amide bonds. The summed E-state index contributed by atoms with van der Waals surface area (Å²) in [6.07, 6.45) is -4.31. The van der Waals surface area contributed by atoms with Crippen molar-refractivity contribution in [2.75, 3.05) is 6.54 Å². The van der Waals surface area contributed by atoms with E-state index in [1.54, 1.807) is 0 Å². The maximum Gasteiger partial charge on any atom is 0.417 e. The SMILES string of the molecule is O=C1CC(O)CN1Cc1ccc(C(F)(F)F)cn1. The average Bonchev–Trinajstić information content (AvgIpc) is 2.57. The predicted molar refractivity (Wildman–Crippen MR) is 55.3 cm³/mol. The Balaban J connectivity index is 2.05. The summed E-state index contributed by atoms with van der Waals surface area (Å²) in [6.45, 7) is 0.315. The van der Waals surface area contributed by atoms with Crippen LogP contribution in [-0.4, -0.2) is 33.5 Å². The van der Waals surface area contributed by atoms with Crippen LogP contribution in [0, 0.1) is 0 Å². The lowest BCUT2D eigenvalue weighted by molar-refractivity contribution is -0.138. The van der Waals surface area contributed by atoms with E-state index in [2.05, 4.69) is 4.98 Å². The van der Waals surface area contributed by atoms with Gasteiger partial charge in [0.1, 0.15) is 0 Å². The summed E-state index contributed by atoms with van der Waals surface area (Å²) in [4.78, 5) is 16.4. The van der Waals surface area contributed by atoms with Crippen LogP contribution < -0.4 is 0 Å². The fourth-order valence-electron chi connectivity index (χ4n) is 1.79. The first-order chi connectivity index (χ1) is 8.36. The zero-order valence-corrected chi connectivity index (χ0v) is 9.31. The Morgan fingerprint density at radius 3 is 2.61 bits per heavy atom. The summed E-state index contributed by atoms with van der Waals surface area (Å²) in [5.41, 5.74) is -0.454. The molecule has 0 radical (unpaired) electrons. The number of aromatic nitrogens is 1. The molecular weight excluding hydrogens is 249 g/mol. The normalized spacial score (nSPS) is 20.6. The van der Waals surface area contributed by atoms with Crippen LogP contribution in [-0.2, 0) is 17.5 Å². The number of halogens is 3. The van der Waals surface area contributed by atoms with Gasteiger partial charge in [-0.1, -0.05) is 0 Å². The Hall–Kier alpha value is -1.63. The van der Waals surface area contributed by atoms with E-state index >= 15 is 0 Å². The van der Waals surface area contributed by atoms with Crippen LogP contribution in [0.25, 0.3) is 0 Å². The average molecular weight is 260 g/mol. The molecule has 0 saturated carbocycles. The number of rotatable bonds is 2. The second-order valence-corrected chi connectivity index (χ2v) is 4.17. The number of carbonyl (C=O) groups excluding carboxylic acids is 1. The van der Waals surface area contributed by atoms with Crippen molar-refractivity contribution in [1.82, 2.24) is 9.88 Å². The van der Waals surface area contributed by atoms with Crippen molar-refractivity contribution in [3.05, 3.63) is 29.6 Å². The van der Waals surface area contributed by atoms with Gasteiger partial charge in [0.15, 0.2) is 0 Å². The molecule has 1 saturated heterocycles. The molecule has 1 unspecified atom stereocenters. The Bertz CT molecular complexity index is 445. The monoisotopic (exact) mass is 260 g/mol.